The zero-order valence-corrected chi connectivity index (χ0v) is 33.3. The Hall–Kier alpha value is -7.53. The minimum absolute atomic E-state index is 0.867. The predicted molar refractivity (Wildman–Crippen MR) is 253 cm³/mol. The van der Waals surface area contributed by atoms with E-state index in [1.807, 2.05) is 17.8 Å². The number of benzene rings is 10. The van der Waals surface area contributed by atoms with Crippen molar-refractivity contribution in [2.24, 2.45) is 0 Å². The number of fused-ring (bicyclic) bond motifs is 7. The van der Waals surface area contributed by atoms with Crippen LogP contribution in [-0.4, -0.2) is 0 Å². The average molecular weight is 785 g/mol. The third-order valence-electron chi connectivity index (χ3n) is 11.8. The number of nitrogens with zero attached hydrogens (tertiary/aromatic N) is 2. The Kier molecular flexibility index (Phi) is 8.10. The van der Waals surface area contributed by atoms with Crippen LogP contribution in [0.2, 0.25) is 0 Å². The van der Waals surface area contributed by atoms with Gasteiger partial charge in [-0.3, -0.25) is 0 Å². The first-order chi connectivity index (χ1) is 29.8. The maximum absolute atomic E-state index is 6.72. The van der Waals surface area contributed by atoms with E-state index < -0.39 is 0 Å². The molecule has 0 N–H and O–H groups in total. The molecule has 0 radical (unpaired) electrons. The zero-order chi connectivity index (χ0) is 39.6. The second kappa shape index (κ2) is 14.1. The molecular weight excluding hydrogens is 749 g/mol. The van der Waals surface area contributed by atoms with Crippen molar-refractivity contribution in [1.82, 2.24) is 0 Å². The van der Waals surface area contributed by atoms with Crippen molar-refractivity contribution in [3.63, 3.8) is 0 Å². The van der Waals surface area contributed by atoms with Crippen LogP contribution < -0.4 is 9.80 Å². The average Bonchev–Trinajstić information content (AvgIpc) is 3.70. The van der Waals surface area contributed by atoms with Gasteiger partial charge in [-0.15, -0.1) is 0 Å². The van der Waals surface area contributed by atoms with Gasteiger partial charge in [0.1, 0.15) is 5.58 Å². The van der Waals surface area contributed by atoms with Crippen molar-refractivity contribution < 1.29 is 4.42 Å². The molecule has 1 aliphatic rings. The highest BCUT2D eigenvalue weighted by Gasteiger charge is 2.26. The van der Waals surface area contributed by atoms with E-state index in [0.717, 1.165) is 67.2 Å². The van der Waals surface area contributed by atoms with E-state index in [0.29, 0.717) is 0 Å². The summed E-state index contributed by atoms with van der Waals surface area (Å²) >= 11 is 1.86. The lowest BCUT2D eigenvalue weighted by atomic mass is 9.92. The summed E-state index contributed by atoms with van der Waals surface area (Å²) in [5, 5.41) is 7.24. The molecule has 0 atom stereocenters. The van der Waals surface area contributed by atoms with E-state index in [2.05, 4.69) is 222 Å². The summed E-state index contributed by atoms with van der Waals surface area (Å²) < 4.78 is 6.72. The molecule has 60 heavy (non-hydrogen) atoms. The molecule has 0 fully saturated rings. The first-order valence-corrected chi connectivity index (χ1v) is 21.2. The fourth-order valence-electron chi connectivity index (χ4n) is 9.12. The van der Waals surface area contributed by atoms with Crippen LogP contribution in [0.3, 0.4) is 0 Å². The van der Waals surface area contributed by atoms with Gasteiger partial charge in [0.25, 0.3) is 0 Å². The van der Waals surface area contributed by atoms with E-state index in [1.54, 1.807) is 0 Å². The van der Waals surface area contributed by atoms with E-state index in [-0.39, 0.29) is 0 Å². The van der Waals surface area contributed by atoms with Crippen LogP contribution in [0.25, 0.3) is 65.7 Å². The van der Waals surface area contributed by atoms with Crippen molar-refractivity contribution in [2.45, 2.75) is 9.79 Å². The molecule has 4 heteroatoms. The highest BCUT2D eigenvalue weighted by atomic mass is 32.2. The molecule has 3 nitrogen and oxygen atoms in total. The summed E-state index contributed by atoms with van der Waals surface area (Å²) in [5.74, 6) is 0. The minimum Gasteiger partial charge on any atom is -0.454 e. The molecule has 1 aliphatic heterocycles. The second-order valence-corrected chi connectivity index (χ2v) is 16.4. The van der Waals surface area contributed by atoms with Gasteiger partial charge >= 0.3 is 0 Å². The van der Waals surface area contributed by atoms with E-state index >= 15 is 0 Å². The number of para-hydroxylation sites is 5. The Morgan fingerprint density at radius 2 is 0.983 bits per heavy atom. The lowest BCUT2D eigenvalue weighted by Crippen LogP contribution is -2.12. The van der Waals surface area contributed by atoms with Crippen LogP contribution >= 0.6 is 11.8 Å². The lowest BCUT2D eigenvalue weighted by molar-refractivity contribution is 0.669. The van der Waals surface area contributed by atoms with Crippen molar-refractivity contribution in [1.29, 1.82) is 0 Å². The molecule has 0 spiro atoms. The standard InChI is InChI=1S/C56H36N2OS/c1-4-16-37(17-5-1)43-22-10-12-26-50(43)58(51-27-14-25-47-44-23-11-13-28-52(44)59-56(47)51)42-32-33-45-49-34-38-30-31-41(57(39-18-6-2-7-19-39)40-20-8-3-9-21-40)35-48(38)46-24-15-29-53(55(46)49)60-54(45)36-42/h1-36H. The Morgan fingerprint density at radius 1 is 0.350 bits per heavy atom. The SMILES string of the molecule is c1ccc(-c2ccccc2N(c2ccc3c(c2)Sc2cccc4c2c-3cc2ccc(N(c3ccccc3)c3ccccc3)cc24)c2cccc3c2oc2ccccc23)cc1. The summed E-state index contributed by atoms with van der Waals surface area (Å²) in [4.78, 5) is 7.21. The Labute approximate surface area is 352 Å². The smallest absolute Gasteiger partial charge is 0.159 e. The van der Waals surface area contributed by atoms with Gasteiger partial charge in [0, 0.05) is 54.3 Å². The van der Waals surface area contributed by atoms with Gasteiger partial charge in [0.15, 0.2) is 5.58 Å². The molecular formula is C56H36N2OS. The molecule has 0 unspecified atom stereocenters. The predicted octanol–water partition coefficient (Wildman–Crippen LogP) is 16.6. The number of hydrogen-bond acceptors (Lipinski definition) is 4. The summed E-state index contributed by atoms with van der Waals surface area (Å²) in [7, 11) is 0. The number of hydrogen-bond donors (Lipinski definition) is 0. The van der Waals surface area contributed by atoms with Crippen LogP contribution in [0, 0.1) is 0 Å². The van der Waals surface area contributed by atoms with E-state index in [4.69, 9.17) is 4.42 Å². The fraction of sp³-hybridized carbons (Fsp3) is 0. The molecule has 0 aliphatic carbocycles. The zero-order valence-electron chi connectivity index (χ0n) is 32.5. The molecule has 2 heterocycles. The Morgan fingerprint density at radius 3 is 1.80 bits per heavy atom. The molecule has 10 aromatic carbocycles. The highest BCUT2D eigenvalue weighted by Crippen LogP contribution is 2.53. The van der Waals surface area contributed by atoms with Crippen LogP contribution in [0.1, 0.15) is 0 Å². The van der Waals surface area contributed by atoms with Crippen molar-refractivity contribution in [3.8, 4) is 22.3 Å². The van der Waals surface area contributed by atoms with Crippen LogP contribution in [0.5, 0.6) is 0 Å². The van der Waals surface area contributed by atoms with Gasteiger partial charge in [-0.25, -0.2) is 0 Å². The number of furan rings is 1. The fourth-order valence-corrected chi connectivity index (χ4v) is 10.3. The summed E-state index contributed by atoms with van der Waals surface area (Å²) in [5.41, 5.74) is 13.1. The van der Waals surface area contributed by atoms with Gasteiger partial charge < -0.3 is 14.2 Å². The molecule has 0 bridgehead atoms. The lowest BCUT2D eigenvalue weighted by Gasteiger charge is -2.30. The van der Waals surface area contributed by atoms with E-state index in [9.17, 15) is 0 Å². The van der Waals surface area contributed by atoms with Crippen LogP contribution in [0.15, 0.2) is 233 Å². The second-order valence-electron chi connectivity index (χ2n) is 15.3. The maximum Gasteiger partial charge on any atom is 0.159 e. The maximum atomic E-state index is 6.72. The molecule has 0 amide bonds. The molecule has 11 aromatic rings. The topological polar surface area (TPSA) is 19.6 Å². The van der Waals surface area contributed by atoms with Crippen LogP contribution in [-0.2, 0) is 0 Å². The number of anilines is 6. The Balaban J connectivity index is 1.04. The minimum atomic E-state index is 0.867. The van der Waals surface area contributed by atoms with Crippen LogP contribution in [0.4, 0.5) is 34.1 Å². The van der Waals surface area contributed by atoms with E-state index in [1.165, 1.54) is 42.5 Å². The molecule has 0 saturated heterocycles. The van der Waals surface area contributed by atoms with Crippen molar-refractivity contribution in [3.05, 3.63) is 218 Å². The third kappa shape index (κ3) is 5.60. The molecule has 282 valence electrons. The summed E-state index contributed by atoms with van der Waals surface area (Å²) in [6, 6.07) is 78.5. The highest BCUT2D eigenvalue weighted by molar-refractivity contribution is 7.99. The van der Waals surface area contributed by atoms with Gasteiger partial charge in [-0.2, -0.15) is 0 Å². The molecule has 12 rings (SSSR count). The molecule has 1 aromatic heterocycles. The Bertz CT molecular complexity index is 3380. The quantitative estimate of drug-likeness (QED) is 0.150. The summed E-state index contributed by atoms with van der Waals surface area (Å²) in [6.45, 7) is 0. The van der Waals surface area contributed by atoms with Crippen molar-refractivity contribution in [2.75, 3.05) is 9.80 Å². The number of rotatable bonds is 7. The first kappa shape index (κ1) is 34.5. The normalized spacial score (nSPS) is 11.9. The summed E-state index contributed by atoms with van der Waals surface area (Å²) in [6.07, 6.45) is 0. The monoisotopic (exact) mass is 784 g/mol. The van der Waals surface area contributed by atoms with Gasteiger partial charge in [0.05, 0.1) is 11.4 Å². The van der Waals surface area contributed by atoms with Gasteiger partial charge in [0.2, 0.25) is 0 Å². The third-order valence-corrected chi connectivity index (χ3v) is 12.9. The molecule has 0 saturated carbocycles. The van der Waals surface area contributed by atoms with Gasteiger partial charge in [-0.1, -0.05) is 151 Å². The first-order valence-electron chi connectivity index (χ1n) is 20.3. The van der Waals surface area contributed by atoms with Gasteiger partial charge in [-0.05, 0) is 112 Å². The largest absolute Gasteiger partial charge is 0.454 e. The van der Waals surface area contributed by atoms with Crippen molar-refractivity contribution >= 4 is 89.4 Å².